The van der Waals surface area contributed by atoms with Gasteiger partial charge in [-0.3, -0.25) is 4.79 Å². The van der Waals surface area contributed by atoms with E-state index >= 15 is 0 Å². The fraction of sp³-hybridized carbons (Fsp3) is 0.143. The predicted molar refractivity (Wildman–Crippen MR) is 77.7 cm³/mol. The Balaban J connectivity index is 2.26. The molecule has 7 nitrogen and oxygen atoms in total. The van der Waals surface area contributed by atoms with E-state index < -0.39 is 11.9 Å². The van der Waals surface area contributed by atoms with E-state index in [0.29, 0.717) is 11.4 Å². The Bertz CT molecular complexity index is 685. The lowest BCUT2D eigenvalue weighted by atomic mass is 10.2. The number of carboxylic acids is 1. The molecule has 2 heterocycles. The van der Waals surface area contributed by atoms with Crippen molar-refractivity contribution in [1.29, 1.82) is 0 Å². The second-order valence-corrected chi connectivity index (χ2v) is 4.46. The van der Waals surface area contributed by atoms with Crippen molar-refractivity contribution >= 4 is 23.4 Å². The highest BCUT2D eigenvalue weighted by molar-refractivity contribution is 6.07. The minimum Gasteiger partial charge on any atom is -0.476 e. The lowest BCUT2D eigenvalue weighted by Gasteiger charge is -2.12. The third-order valence-corrected chi connectivity index (χ3v) is 2.72. The van der Waals surface area contributed by atoms with Gasteiger partial charge in [0, 0.05) is 32.1 Å². The van der Waals surface area contributed by atoms with Crippen LogP contribution in [0, 0.1) is 0 Å². The first-order valence-electron chi connectivity index (χ1n) is 6.12. The van der Waals surface area contributed by atoms with Crippen LogP contribution in [0.4, 0.5) is 11.5 Å². The molecule has 0 aliphatic carbocycles. The normalized spacial score (nSPS) is 10.0. The zero-order valence-electron chi connectivity index (χ0n) is 11.6. The first-order valence-corrected chi connectivity index (χ1v) is 6.12. The fourth-order valence-corrected chi connectivity index (χ4v) is 1.68. The van der Waals surface area contributed by atoms with Crippen LogP contribution in [0.3, 0.4) is 0 Å². The number of pyridine rings is 2. The molecular weight excluding hydrogens is 272 g/mol. The zero-order valence-corrected chi connectivity index (χ0v) is 11.6. The van der Waals surface area contributed by atoms with Gasteiger partial charge in [-0.25, -0.2) is 14.8 Å². The van der Waals surface area contributed by atoms with Crippen molar-refractivity contribution in [3.8, 4) is 0 Å². The van der Waals surface area contributed by atoms with Crippen molar-refractivity contribution in [2.45, 2.75) is 0 Å². The molecule has 0 atom stereocenters. The van der Waals surface area contributed by atoms with Crippen LogP contribution >= 0.6 is 0 Å². The number of aromatic carboxylic acids is 1. The van der Waals surface area contributed by atoms with E-state index in [4.69, 9.17) is 5.11 Å². The SMILES string of the molecule is CN(C)c1cc(C(=O)Nc2cccnc2C(=O)O)ccn1. The third kappa shape index (κ3) is 3.33. The highest BCUT2D eigenvalue weighted by Gasteiger charge is 2.15. The van der Waals surface area contributed by atoms with Gasteiger partial charge in [0.15, 0.2) is 5.69 Å². The predicted octanol–water partition coefficient (Wildman–Crippen LogP) is 1.49. The molecule has 2 rings (SSSR count). The van der Waals surface area contributed by atoms with Crippen LogP contribution in [0.15, 0.2) is 36.7 Å². The molecule has 0 aliphatic heterocycles. The summed E-state index contributed by atoms with van der Waals surface area (Å²) in [5.74, 6) is -0.988. The minimum atomic E-state index is -1.20. The van der Waals surface area contributed by atoms with Crippen molar-refractivity contribution < 1.29 is 14.7 Å². The van der Waals surface area contributed by atoms with Crippen LogP contribution in [0.2, 0.25) is 0 Å². The van der Waals surface area contributed by atoms with Crippen LogP contribution in [-0.4, -0.2) is 41.0 Å². The number of nitrogens with one attached hydrogen (secondary N) is 1. The van der Waals surface area contributed by atoms with Gasteiger partial charge in [0.25, 0.3) is 5.91 Å². The van der Waals surface area contributed by atoms with E-state index in [0.717, 1.165) is 0 Å². The molecule has 0 saturated heterocycles. The van der Waals surface area contributed by atoms with E-state index in [1.54, 1.807) is 23.1 Å². The van der Waals surface area contributed by atoms with Crippen LogP contribution in [0.5, 0.6) is 0 Å². The Hall–Kier alpha value is -2.96. The fourth-order valence-electron chi connectivity index (χ4n) is 1.68. The van der Waals surface area contributed by atoms with Crippen LogP contribution in [0.25, 0.3) is 0 Å². The average molecular weight is 286 g/mol. The van der Waals surface area contributed by atoms with Gasteiger partial charge >= 0.3 is 5.97 Å². The quantitative estimate of drug-likeness (QED) is 0.884. The van der Waals surface area contributed by atoms with Crippen molar-refractivity contribution in [1.82, 2.24) is 9.97 Å². The Morgan fingerprint density at radius 3 is 2.62 bits per heavy atom. The molecule has 21 heavy (non-hydrogen) atoms. The van der Waals surface area contributed by atoms with Gasteiger partial charge in [-0.1, -0.05) is 0 Å². The van der Waals surface area contributed by atoms with E-state index in [-0.39, 0.29) is 11.4 Å². The summed E-state index contributed by atoms with van der Waals surface area (Å²) in [6, 6.07) is 6.22. The van der Waals surface area contributed by atoms with Gasteiger partial charge < -0.3 is 15.3 Å². The molecule has 0 radical (unpaired) electrons. The number of amides is 1. The van der Waals surface area contributed by atoms with Gasteiger partial charge in [0.05, 0.1) is 5.69 Å². The standard InChI is InChI=1S/C14H14N4O3/c1-18(2)11-8-9(5-7-15-11)13(19)17-10-4-3-6-16-12(10)14(20)21/h3-8H,1-2H3,(H,17,19)(H,20,21). The number of carboxylic acid groups (broad SMARTS) is 1. The van der Waals surface area contributed by atoms with Crippen molar-refractivity contribution in [3.05, 3.63) is 47.9 Å². The molecule has 108 valence electrons. The second-order valence-electron chi connectivity index (χ2n) is 4.46. The van der Waals surface area contributed by atoms with E-state index in [9.17, 15) is 9.59 Å². The maximum Gasteiger partial charge on any atom is 0.356 e. The van der Waals surface area contributed by atoms with Crippen molar-refractivity contribution in [2.75, 3.05) is 24.3 Å². The monoisotopic (exact) mass is 286 g/mol. The first kappa shape index (κ1) is 14.4. The third-order valence-electron chi connectivity index (χ3n) is 2.72. The maximum absolute atomic E-state index is 12.2. The molecule has 0 aliphatic rings. The van der Waals surface area contributed by atoms with E-state index in [1.807, 2.05) is 14.1 Å². The number of carbonyl (C=O) groups is 2. The van der Waals surface area contributed by atoms with E-state index in [1.165, 1.54) is 18.5 Å². The summed E-state index contributed by atoms with van der Waals surface area (Å²) in [7, 11) is 3.63. The number of hydrogen-bond acceptors (Lipinski definition) is 5. The highest BCUT2D eigenvalue weighted by atomic mass is 16.4. The Morgan fingerprint density at radius 1 is 1.19 bits per heavy atom. The largest absolute Gasteiger partial charge is 0.476 e. The summed E-state index contributed by atoms with van der Waals surface area (Å²) >= 11 is 0. The molecule has 0 aromatic carbocycles. The number of hydrogen-bond donors (Lipinski definition) is 2. The smallest absolute Gasteiger partial charge is 0.356 e. The molecule has 0 spiro atoms. The first-order chi connectivity index (χ1) is 9.99. The van der Waals surface area contributed by atoms with Crippen LogP contribution in [-0.2, 0) is 0 Å². The number of rotatable bonds is 4. The molecule has 0 bridgehead atoms. The van der Waals surface area contributed by atoms with Crippen molar-refractivity contribution in [2.24, 2.45) is 0 Å². The van der Waals surface area contributed by atoms with Gasteiger partial charge in [-0.05, 0) is 24.3 Å². The molecule has 7 heteroatoms. The molecule has 0 unspecified atom stereocenters. The highest BCUT2D eigenvalue weighted by Crippen LogP contribution is 2.15. The van der Waals surface area contributed by atoms with Crippen molar-refractivity contribution in [3.63, 3.8) is 0 Å². The Labute approximate surface area is 121 Å². The molecule has 2 N–H and O–H groups in total. The Morgan fingerprint density at radius 2 is 1.95 bits per heavy atom. The average Bonchev–Trinajstić information content (AvgIpc) is 2.47. The van der Waals surface area contributed by atoms with Crippen LogP contribution < -0.4 is 10.2 Å². The summed E-state index contributed by atoms with van der Waals surface area (Å²) < 4.78 is 0. The summed E-state index contributed by atoms with van der Waals surface area (Å²) in [4.78, 5) is 32.9. The molecule has 1 amide bonds. The summed E-state index contributed by atoms with van der Waals surface area (Å²) in [5.41, 5.74) is 0.333. The topological polar surface area (TPSA) is 95.4 Å². The molecular formula is C14H14N4O3. The summed E-state index contributed by atoms with van der Waals surface area (Å²) in [6.45, 7) is 0. The lowest BCUT2D eigenvalue weighted by molar-refractivity contribution is 0.0691. The molecule has 0 fully saturated rings. The number of aromatic nitrogens is 2. The summed E-state index contributed by atoms with van der Waals surface area (Å²) in [5, 5.41) is 11.6. The van der Waals surface area contributed by atoms with Gasteiger partial charge in [0.1, 0.15) is 5.82 Å². The molecule has 2 aromatic rings. The zero-order chi connectivity index (χ0) is 15.4. The molecule has 0 saturated carbocycles. The van der Waals surface area contributed by atoms with Gasteiger partial charge in [-0.2, -0.15) is 0 Å². The van der Waals surface area contributed by atoms with Gasteiger partial charge in [-0.15, -0.1) is 0 Å². The Kier molecular flexibility index (Phi) is 4.13. The minimum absolute atomic E-state index is 0.151. The maximum atomic E-state index is 12.2. The molecule has 2 aromatic heterocycles. The lowest BCUT2D eigenvalue weighted by Crippen LogP contribution is -2.17. The summed E-state index contributed by atoms with van der Waals surface area (Å²) in [6.07, 6.45) is 2.88. The van der Waals surface area contributed by atoms with Gasteiger partial charge in [0.2, 0.25) is 0 Å². The second kappa shape index (κ2) is 6.00. The number of nitrogens with zero attached hydrogens (tertiary/aromatic N) is 3. The van der Waals surface area contributed by atoms with Crippen LogP contribution in [0.1, 0.15) is 20.8 Å². The number of carbonyl (C=O) groups excluding carboxylic acids is 1. The number of anilines is 2. The van der Waals surface area contributed by atoms with E-state index in [2.05, 4.69) is 15.3 Å².